The third kappa shape index (κ3) is 3.73. The van der Waals surface area contributed by atoms with Crippen LogP contribution in [0.15, 0.2) is 43.0 Å². The van der Waals surface area contributed by atoms with Gasteiger partial charge in [0.15, 0.2) is 0 Å². The molecule has 2 unspecified atom stereocenters. The molecule has 1 aliphatic rings. The minimum atomic E-state index is -0.136. The first-order valence-electron chi connectivity index (χ1n) is 8.28. The molecular formula is C18H24N4O. The van der Waals surface area contributed by atoms with Gasteiger partial charge in [0.1, 0.15) is 0 Å². The highest BCUT2D eigenvalue weighted by atomic mass is 16.2. The van der Waals surface area contributed by atoms with Crippen LogP contribution in [-0.4, -0.2) is 21.6 Å². The number of amides is 2. The third-order valence-electron chi connectivity index (χ3n) is 4.51. The van der Waals surface area contributed by atoms with Crippen molar-refractivity contribution in [3.63, 3.8) is 0 Å². The van der Waals surface area contributed by atoms with Crippen LogP contribution < -0.4 is 10.6 Å². The molecule has 5 heteroatoms. The number of carbonyl (C=O) groups is 1. The van der Waals surface area contributed by atoms with E-state index in [-0.39, 0.29) is 12.1 Å². The molecule has 5 nitrogen and oxygen atoms in total. The highest BCUT2D eigenvalue weighted by Gasteiger charge is 2.29. The Balaban J connectivity index is 1.62. The van der Waals surface area contributed by atoms with E-state index in [1.54, 1.807) is 6.20 Å². The summed E-state index contributed by atoms with van der Waals surface area (Å²) in [5.74, 6) is 0.445. The molecule has 1 heterocycles. The van der Waals surface area contributed by atoms with Crippen LogP contribution in [0.25, 0.3) is 0 Å². The van der Waals surface area contributed by atoms with Crippen molar-refractivity contribution < 1.29 is 4.79 Å². The van der Waals surface area contributed by atoms with Crippen molar-refractivity contribution in [2.75, 3.05) is 5.32 Å². The average molecular weight is 312 g/mol. The summed E-state index contributed by atoms with van der Waals surface area (Å²) in [6.45, 7) is 4.29. The maximum absolute atomic E-state index is 12.3. The molecule has 2 atom stereocenters. The molecule has 1 fully saturated rings. The second-order valence-electron chi connectivity index (χ2n) is 6.49. The molecule has 3 rings (SSSR count). The first kappa shape index (κ1) is 15.6. The van der Waals surface area contributed by atoms with Crippen LogP contribution in [0.5, 0.6) is 0 Å². The van der Waals surface area contributed by atoms with Gasteiger partial charge in [-0.15, -0.1) is 0 Å². The summed E-state index contributed by atoms with van der Waals surface area (Å²) in [5.41, 5.74) is 2.06. The number of nitrogens with one attached hydrogen (secondary N) is 2. The van der Waals surface area contributed by atoms with E-state index in [0.29, 0.717) is 12.0 Å². The predicted molar refractivity (Wildman–Crippen MR) is 91.6 cm³/mol. The lowest BCUT2D eigenvalue weighted by molar-refractivity contribution is 0.245. The molecule has 1 aliphatic carbocycles. The summed E-state index contributed by atoms with van der Waals surface area (Å²) in [6.07, 6.45) is 8.78. The minimum Gasteiger partial charge on any atom is -0.333 e. The number of hydrogen-bond donors (Lipinski definition) is 2. The van der Waals surface area contributed by atoms with Crippen LogP contribution in [0.3, 0.4) is 0 Å². The molecule has 0 saturated heterocycles. The van der Waals surface area contributed by atoms with Crippen molar-refractivity contribution in [1.29, 1.82) is 0 Å². The number of hydrogen-bond acceptors (Lipinski definition) is 2. The second-order valence-corrected chi connectivity index (χ2v) is 6.49. The number of anilines is 1. The van der Waals surface area contributed by atoms with Crippen LogP contribution in [0, 0.1) is 0 Å². The quantitative estimate of drug-likeness (QED) is 0.899. The normalized spacial score (nSPS) is 20.7. The summed E-state index contributed by atoms with van der Waals surface area (Å²) in [6, 6.07) is 8.33. The zero-order valence-electron chi connectivity index (χ0n) is 13.7. The first-order chi connectivity index (χ1) is 11.1. The topological polar surface area (TPSA) is 59.0 Å². The Hall–Kier alpha value is -2.30. The zero-order chi connectivity index (χ0) is 16.2. The number of benzene rings is 1. The van der Waals surface area contributed by atoms with E-state index in [1.165, 1.54) is 5.56 Å². The van der Waals surface area contributed by atoms with Gasteiger partial charge >= 0.3 is 6.03 Å². The fraction of sp³-hybridized carbons (Fsp3) is 0.444. The number of carbonyl (C=O) groups excluding carboxylic acids is 1. The monoisotopic (exact) mass is 312 g/mol. The van der Waals surface area contributed by atoms with E-state index in [0.717, 1.165) is 24.9 Å². The Morgan fingerprint density at radius 2 is 2.22 bits per heavy atom. The number of urea groups is 1. The molecule has 0 radical (unpaired) electrons. The fourth-order valence-corrected chi connectivity index (χ4v) is 3.24. The highest BCUT2D eigenvalue weighted by molar-refractivity contribution is 5.89. The lowest BCUT2D eigenvalue weighted by Crippen LogP contribution is -2.40. The van der Waals surface area contributed by atoms with Gasteiger partial charge in [0, 0.05) is 18.1 Å². The molecule has 23 heavy (non-hydrogen) atoms. The predicted octanol–water partition coefficient (Wildman–Crippen LogP) is 3.92. The lowest BCUT2D eigenvalue weighted by atomic mass is 10.0. The van der Waals surface area contributed by atoms with Gasteiger partial charge in [-0.3, -0.25) is 0 Å². The number of aromatic nitrogens is 2. The molecule has 2 N–H and O–H groups in total. The van der Waals surface area contributed by atoms with Gasteiger partial charge in [0.2, 0.25) is 0 Å². The van der Waals surface area contributed by atoms with Gasteiger partial charge in [-0.1, -0.05) is 26.0 Å². The molecular weight excluding hydrogens is 288 g/mol. The zero-order valence-corrected chi connectivity index (χ0v) is 13.7. The van der Waals surface area contributed by atoms with Crippen molar-refractivity contribution in [3.05, 3.63) is 48.5 Å². The Morgan fingerprint density at radius 3 is 2.96 bits per heavy atom. The minimum absolute atomic E-state index is 0.136. The van der Waals surface area contributed by atoms with E-state index in [4.69, 9.17) is 0 Å². The average Bonchev–Trinajstić information content (AvgIpc) is 3.18. The second kappa shape index (κ2) is 6.86. The molecule has 1 saturated carbocycles. The van der Waals surface area contributed by atoms with Gasteiger partial charge in [-0.05, 0) is 42.9 Å². The Morgan fingerprint density at radius 1 is 1.35 bits per heavy atom. The summed E-state index contributed by atoms with van der Waals surface area (Å²) < 4.78 is 2.09. The molecule has 1 aromatic heterocycles. The third-order valence-corrected chi connectivity index (χ3v) is 4.51. The molecule has 0 aliphatic heterocycles. The Bertz CT molecular complexity index is 651. The SMILES string of the molecule is CC(C)c1cccc(NC(=O)NC2CCCC2n2ccnc2)c1. The van der Waals surface area contributed by atoms with Gasteiger partial charge in [-0.25, -0.2) is 9.78 Å². The van der Waals surface area contributed by atoms with E-state index in [2.05, 4.69) is 40.1 Å². The van der Waals surface area contributed by atoms with E-state index >= 15 is 0 Å². The van der Waals surface area contributed by atoms with Crippen LogP contribution in [0.1, 0.15) is 50.6 Å². The molecule has 0 bridgehead atoms. The largest absolute Gasteiger partial charge is 0.333 e. The number of nitrogens with zero attached hydrogens (tertiary/aromatic N) is 2. The summed E-state index contributed by atoms with van der Waals surface area (Å²) in [4.78, 5) is 16.4. The summed E-state index contributed by atoms with van der Waals surface area (Å²) in [5, 5.41) is 6.07. The van der Waals surface area contributed by atoms with Gasteiger partial charge in [0.05, 0.1) is 18.4 Å². The van der Waals surface area contributed by atoms with Crippen molar-refractivity contribution in [2.45, 2.75) is 51.1 Å². The fourth-order valence-electron chi connectivity index (χ4n) is 3.24. The van der Waals surface area contributed by atoms with Crippen molar-refractivity contribution in [2.24, 2.45) is 0 Å². The van der Waals surface area contributed by atoms with Gasteiger partial charge in [-0.2, -0.15) is 0 Å². The molecule has 0 spiro atoms. The van der Waals surface area contributed by atoms with E-state index < -0.39 is 0 Å². The van der Waals surface area contributed by atoms with Crippen LogP contribution in [-0.2, 0) is 0 Å². The van der Waals surface area contributed by atoms with Crippen molar-refractivity contribution in [1.82, 2.24) is 14.9 Å². The van der Waals surface area contributed by atoms with Gasteiger partial charge in [0.25, 0.3) is 0 Å². The standard InChI is InChI=1S/C18H24N4O/c1-13(2)14-5-3-6-15(11-14)20-18(23)21-16-7-4-8-17(16)22-10-9-19-12-22/h3,5-6,9-13,16-17H,4,7-8H2,1-2H3,(H2,20,21,23). The highest BCUT2D eigenvalue weighted by Crippen LogP contribution is 2.30. The summed E-state index contributed by atoms with van der Waals surface area (Å²) >= 11 is 0. The van der Waals surface area contributed by atoms with Crippen molar-refractivity contribution >= 4 is 11.7 Å². The van der Waals surface area contributed by atoms with Crippen molar-refractivity contribution in [3.8, 4) is 0 Å². The molecule has 122 valence electrons. The lowest BCUT2D eigenvalue weighted by Gasteiger charge is -2.22. The number of rotatable bonds is 4. The first-order valence-corrected chi connectivity index (χ1v) is 8.28. The maximum Gasteiger partial charge on any atom is 0.319 e. The van der Waals surface area contributed by atoms with E-state index in [9.17, 15) is 4.79 Å². The van der Waals surface area contributed by atoms with Crippen LogP contribution in [0.2, 0.25) is 0 Å². The van der Waals surface area contributed by atoms with Crippen LogP contribution >= 0.6 is 0 Å². The Kier molecular flexibility index (Phi) is 4.65. The Labute approximate surface area is 137 Å². The molecule has 2 aromatic rings. The number of imidazole rings is 1. The van der Waals surface area contributed by atoms with E-state index in [1.807, 2.05) is 30.7 Å². The maximum atomic E-state index is 12.3. The van der Waals surface area contributed by atoms with Crippen LogP contribution in [0.4, 0.5) is 10.5 Å². The summed E-state index contributed by atoms with van der Waals surface area (Å²) in [7, 11) is 0. The molecule has 2 amide bonds. The van der Waals surface area contributed by atoms with Gasteiger partial charge < -0.3 is 15.2 Å². The molecule has 1 aromatic carbocycles. The smallest absolute Gasteiger partial charge is 0.319 e.